The molecule has 3 rings (SSSR count). The molecule has 0 saturated heterocycles. The number of nitriles is 1. The monoisotopic (exact) mass is 392 g/mol. The summed E-state index contributed by atoms with van der Waals surface area (Å²) in [6.45, 7) is 1.74. The molecule has 0 aliphatic rings. The first-order valence-corrected chi connectivity index (χ1v) is 8.71. The van der Waals surface area contributed by atoms with Gasteiger partial charge in [-0.3, -0.25) is 9.78 Å². The van der Waals surface area contributed by atoms with Gasteiger partial charge in [0, 0.05) is 6.20 Å². The Morgan fingerprint density at radius 1 is 1.17 bits per heavy atom. The molecule has 1 atom stereocenters. The van der Waals surface area contributed by atoms with Crippen LogP contribution in [0.5, 0.6) is 17.2 Å². The van der Waals surface area contributed by atoms with Gasteiger partial charge in [-0.1, -0.05) is 6.07 Å². The van der Waals surface area contributed by atoms with Crippen LogP contribution in [0.25, 0.3) is 0 Å². The maximum absolute atomic E-state index is 13.6. The SMILES string of the molecule is Cc1ccc(Oc2ccc(OCc3ncccc3F)cc2)cc1C(C#N)C(=O)O. The van der Waals surface area contributed by atoms with Gasteiger partial charge in [0.2, 0.25) is 0 Å². The summed E-state index contributed by atoms with van der Waals surface area (Å²) in [5.74, 6) is -1.47. The molecule has 1 N–H and O–H groups in total. The number of carboxylic acid groups (broad SMARTS) is 1. The Labute approximate surface area is 166 Å². The van der Waals surface area contributed by atoms with E-state index in [-0.39, 0.29) is 12.3 Å². The Balaban J connectivity index is 1.69. The Hall–Kier alpha value is -3.92. The number of carboxylic acids is 1. The van der Waals surface area contributed by atoms with E-state index in [1.165, 1.54) is 18.3 Å². The molecule has 3 aromatic rings. The molecule has 0 aliphatic carbocycles. The number of aliphatic carboxylic acids is 1. The molecule has 29 heavy (non-hydrogen) atoms. The molecule has 0 amide bonds. The van der Waals surface area contributed by atoms with E-state index in [0.717, 1.165) is 0 Å². The molecule has 0 radical (unpaired) electrons. The van der Waals surface area contributed by atoms with Crippen molar-refractivity contribution in [1.29, 1.82) is 5.26 Å². The van der Waals surface area contributed by atoms with Crippen LogP contribution in [0.15, 0.2) is 60.8 Å². The minimum atomic E-state index is -1.26. The predicted octanol–water partition coefficient (Wildman–Crippen LogP) is 4.59. The van der Waals surface area contributed by atoms with Crippen LogP contribution in [0.3, 0.4) is 0 Å². The molecule has 0 aliphatic heterocycles. The van der Waals surface area contributed by atoms with Gasteiger partial charge < -0.3 is 14.6 Å². The number of pyridine rings is 1. The van der Waals surface area contributed by atoms with Crippen LogP contribution < -0.4 is 9.47 Å². The van der Waals surface area contributed by atoms with Crippen molar-refractivity contribution < 1.29 is 23.8 Å². The lowest BCUT2D eigenvalue weighted by Gasteiger charge is -2.12. The van der Waals surface area contributed by atoms with Crippen molar-refractivity contribution in [1.82, 2.24) is 4.98 Å². The first-order valence-electron chi connectivity index (χ1n) is 8.71. The van der Waals surface area contributed by atoms with Crippen molar-refractivity contribution in [2.24, 2.45) is 0 Å². The second-order valence-corrected chi connectivity index (χ2v) is 6.21. The third-order valence-corrected chi connectivity index (χ3v) is 4.21. The average Bonchev–Trinajstić information content (AvgIpc) is 2.71. The van der Waals surface area contributed by atoms with Gasteiger partial charge in [0.25, 0.3) is 0 Å². The van der Waals surface area contributed by atoms with E-state index >= 15 is 0 Å². The van der Waals surface area contributed by atoms with Crippen molar-refractivity contribution in [2.75, 3.05) is 0 Å². The molecule has 1 heterocycles. The summed E-state index contributed by atoms with van der Waals surface area (Å²) < 4.78 is 24.9. The Kier molecular flexibility index (Phi) is 6.05. The highest BCUT2D eigenvalue weighted by molar-refractivity contribution is 5.80. The maximum Gasteiger partial charge on any atom is 0.325 e. The fourth-order valence-electron chi connectivity index (χ4n) is 2.67. The normalized spacial score (nSPS) is 11.3. The molecule has 1 unspecified atom stereocenters. The van der Waals surface area contributed by atoms with Crippen molar-refractivity contribution in [3.8, 4) is 23.3 Å². The van der Waals surface area contributed by atoms with Gasteiger partial charge in [-0.2, -0.15) is 5.26 Å². The summed E-state index contributed by atoms with van der Waals surface area (Å²) in [5.41, 5.74) is 1.29. The van der Waals surface area contributed by atoms with E-state index in [1.807, 2.05) is 0 Å². The van der Waals surface area contributed by atoms with Crippen LogP contribution in [0.1, 0.15) is 22.7 Å². The topological polar surface area (TPSA) is 92.4 Å². The van der Waals surface area contributed by atoms with E-state index in [4.69, 9.17) is 14.7 Å². The quantitative estimate of drug-likeness (QED) is 0.632. The minimum Gasteiger partial charge on any atom is -0.487 e. The number of aryl methyl sites for hydroxylation is 1. The van der Waals surface area contributed by atoms with Crippen LogP contribution in [0, 0.1) is 24.1 Å². The summed E-state index contributed by atoms with van der Waals surface area (Å²) >= 11 is 0. The first kappa shape index (κ1) is 19.8. The standard InChI is InChI=1S/C22H17FN2O4/c1-14-4-5-17(11-18(14)19(12-24)22(26)27)29-16-8-6-15(7-9-16)28-13-21-20(23)3-2-10-25-21/h2-11,19H,13H2,1H3,(H,26,27). The fraction of sp³-hybridized carbons (Fsp3) is 0.136. The molecule has 0 bridgehead atoms. The zero-order chi connectivity index (χ0) is 20.8. The zero-order valence-electron chi connectivity index (χ0n) is 15.5. The van der Waals surface area contributed by atoms with Gasteiger partial charge in [0.15, 0.2) is 5.92 Å². The summed E-state index contributed by atoms with van der Waals surface area (Å²) in [4.78, 5) is 15.2. The molecule has 0 saturated carbocycles. The van der Waals surface area contributed by atoms with Crippen molar-refractivity contribution >= 4 is 5.97 Å². The molecule has 6 nitrogen and oxygen atoms in total. The van der Waals surface area contributed by atoms with E-state index in [0.29, 0.717) is 28.4 Å². The van der Waals surface area contributed by atoms with Crippen LogP contribution in [-0.2, 0) is 11.4 Å². The van der Waals surface area contributed by atoms with Gasteiger partial charge in [-0.25, -0.2) is 4.39 Å². The molecule has 2 aromatic carbocycles. The Morgan fingerprint density at radius 3 is 2.52 bits per heavy atom. The van der Waals surface area contributed by atoms with Crippen molar-refractivity contribution in [3.63, 3.8) is 0 Å². The third-order valence-electron chi connectivity index (χ3n) is 4.21. The largest absolute Gasteiger partial charge is 0.487 e. The van der Waals surface area contributed by atoms with Crippen LogP contribution >= 0.6 is 0 Å². The molecular weight excluding hydrogens is 375 g/mol. The summed E-state index contributed by atoms with van der Waals surface area (Å²) in [5, 5.41) is 18.3. The summed E-state index contributed by atoms with van der Waals surface area (Å²) in [7, 11) is 0. The summed E-state index contributed by atoms with van der Waals surface area (Å²) in [6.07, 6.45) is 1.50. The lowest BCUT2D eigenvalue weighted by molar-refractivity contribution is -0.137. The van der Waals surface area contributed by atoms with E-state index in [9.17, 15) is 14.3 Å². The van der Waals surface area contributed by atoms with E-state index in [1.54, 1.807) is 55.5 Å². The van der Waals surface area contributed by atoms with Gasteiger partial charge in [0.1, 0.15) is 35.4 Å². The van der Waals surface area contributed by atoms with Gasteiger partial charge in [-0.15, -0.1) is 0 Å². The molecule has 1 aromatic heterocycles. The minimum absolute atomic E-state index is 0.00106. The molecule has 146 valence electrons. The number of ether oxygens (including phenoxy) is 2. The third kappa shape index (κ3) is 4.87. The molecule has 0 fully saturated rings. The number of hydrogen-bond donors (Lipinski definition) is 1. The number of halogens is 1. The van der Waals surface area contributed by atoms with E-state index < -0.39 is 17.7 Å². The van der Waals surface area contributed by atoms with E-state index in [2.05, 4.69) is 4.98 Å². The van der Waals surface area contributed by atoms with Crippen molar-refractivity contribution in [2.45, 2.75) is 19.4 Å². The Bertz CT molecular complexity index is 1060. The highest BCUT2D eigenvalue weighted by atomic mass is 19.1. The molecule has 0 spiro atoms. The predicted molar refractivity (Wildman–Crippen MR) is 102 cm³/mol. The van der Waals surface area contributed by atoms with Gasteiger partial charge >= 0.3 is 5.97 Å². The number of nitrogens with zero attached hydrogens (tertiary/aromatic N) is 2. The zero-order valence-corrected chi connectivity index (χ0v) is 15.5. The number of hydrogen-bond acceptors (Lipinski definition) is 5. The second-order valence-electron chi connectivity index (χ2n) is 6.21. The molecule has 7 heteroatoms. The number of rotatable bonds is 7. The maximum atomic E-state index is 13.6. The smallest absolute Gasteiger partial charge is 0.325 e. The number of aromatic nitrogens is 1. The van der Waals surface area contributed by atoms with Crippen LogP contribution in [0.4, 0.5) is 4.39 Å². The van der Waals surface area contributed by atoms with Crippen molar-refractivity contribution in [3.05, 3.63) is 83.4 Å². The highest BCUT2D eigenvalue weighted by Crippen LogP contribution is 2.29. The first-order chi connectivity index (χ1) is 14.0. The average molecular weight is 392 g/mol. The highest BCUT2D eigenvalue weighted by Gasteiger charge is 2.21. The fourth-order valence-corrected chi connectivity index (χ4v) is 2.67. The van der Waals surface area contributed by atoms with Crippen LogP contribution in [0.2, 0.25) is 0 Å². The number of benzene rings is 2. The second kappa shape index (κ2) is 8.85. The summed E-state index contributed by atoms with van der Waals surface area (Å²) in [6, 6.07) is 16.2. The van der Waals surface area contributed by atoms with Gasteiger partial charge in [0.05, 0.1) is 6.07 Å². The van der Waals surface area contributed by atoms with Crippen LogP contribution in [-0.4, -0.2) is 16.1 Å². The Morgan fingerprint density at radius 2 is 1.86 bits per heavy atom. The lowest BCUT2D eigenvalue weighted by atomic mass is 9.96. The van der Waals surface area contributed by atoms with Gasteiger partial charge in [-0.05, 0) is 66.6 Å². The number of carbonyl (C=O) groups is 1. The molecular formula is C22H17FN2O4. The lowest BCUT2D eigenvalue weighted by Crippen LogP contribution is -2.10.